The molecule has 0 radical (unpaired) electrons. The van der Waals surface area contributed by atoms with Crippen LogP contribution in [0, 0.1) is 89.6 Å². The maximum absolute atomic E-state index is 14.7. The molecule has 12 fully saturated rings. The molecule has 0 atom stereocenters. The second-order valence-electron chi connectivity index (χ2n) is 41.0. The summed E-state index contributed by atoms with van der Waals surface area (Å²) in [6.07, 6.45) is 20.2. The molecule has 12 bridgehead atoms. The standard InChI is InChI=1S/C46H39N.C41H36FN.C40H34FN/c1-3-10-33(11-4-1)35-18-22-39(23-19-35)47(40-24-20-36(21-25-40)34-12-5-2-6-13-34)44-17-9-15-42-41-14-7-8-16-43(41)46(45(42)44)37-27-31-26-32(29-37)30-38(46)28-31;1-26-20-34(18-19-38(26)42)43(33-16-14-30(15-17-33)29-8-3-2-4-9-29)39-13-7-11-36-35-10-5-6-12-37(35)41(40(36)39)31-22-27-21-28(24-31)25-32(41)23-27;41-32-15-19-34(20-16-32)42(33-17-13-29(14-18-33)28-7-2-1-3-8-28)38-12-6-10-36-35-9-4-5-11-37(35)40(39(36)38)30-22-26-21-27(24-30)25-31(40)23-26/h1-25,31-32,37-38H,26-30H2;2-20,27-28,31-32H,21-25H2,1H3;1-20,26-27,30-31H,21-25H2/i1D,3D,4D,10D,11D;;. The molecular weight excluding hydrogens is 1610 g/mol. The minimum absolute atomic E-state index is 0.0350. The molecular formula is C127H109F2N3. The molecule has 3 nitrogen and oxygen atoms in total. The summed E-state index contributed by atoms with van der Waals surface area (Å²) in [5.41, 5.74) is 36.1. The van der Waals surface area contributed by atoms with Crippen molar-refractivity contribution in [2.24, 2.45) is 71.0 Å². The predicted molar refractivity (Wildman–Crippen MR) is 540 cm³/mol. The van der Waals surface area contributed by atoms with E-state index in [4.69, 9.17) is 6.85 Å². The van der Waals surface area contributed by atoms with Gasteiger partial charge in [0.15, 0.2) is 0 Å². The van der Waals surface area contributed by atoms with Gasteiger partial charge in [-0.05, 0) is 400 Å². The van der Waals surface area contributed by atoms with Gasteiger partial charge in [-0.25, -0.2) is 8.78 Å². The number of anilines is 9. The third-order valence-electron chi connectivity index (χ3n) is 34.5. The fourth-order valence-corrected chi connectivity index (χ4v) is 30.2. The Hall–Kier alpha value is -13.2. The fraction of sp³-hybridized carbons (Fsp3) is 0.244. The van der Waals surface area contributed by atoms with E-state index in [0.29, 0.717) is 46.6 Å². The Bertz CT molecular complexity index is 7290. The Kier molecular flexibility index (Phi) is 17.9. The van der Waals surface area contributed by atoms with E-state index in [9.17, 15) is 8.78 Å². The van der Waals surface area contributed by atoms with Gasteiger partial charge in [0.05, 0.1) is 23.9 Å². The lowest BCUT2D eigenvalue weighted by atomic mass is 9.43. The third-order valence-corrected chi connectivity index (χ3v) is 34.5. The van der Waals surface area contributed by atoms with Crippen molar-refractivity contribution in [3.8, 4) is 77.9 Å². The zero-order valence-electron chi connectivity index (χ0n) is 79.7. The van der Waals surface area contributed by atoms with Crippen molar-refractivity contribution in [3.63, 3.8) is 0 Å². The van der Waals surface area contributed by atoms with Crippen LogP contribution in [0.5, 0.6) is 0 Å². The highest BCUT2D eigenvalue weighted by atomic mass is 19.1. The highest BCUT2D eigenvalue weighted by Gasteiger charge is 2.66. The van der Waals surface area contributed by atoms with Gasteiger partial charge in [0.1, 0.15) is 11.6 Å². The van der Waals surface area contributed by atoms with Gasteiger partial charge >= 0.3 is 0 Å². The summed E-state index contributed by atoms with van der Waals surface area (Å²) >= 11 is 0. The van der Waals surface area contributed by atoms with E-state index in [-0.39, 0.29) is 63.7 Å². The molecule has 5 heteroatoms. The van der Waals surface area contributed by atoms with E-state index in [1.165, 1.54) is 197 Å². The molecule has 16 aromatic rings. The Morgan fingerprint density at radius 2 is 0.485 bits per heavy atom. The number of halogens is 2. The number of hydrogen-bond donors (Lipinski definition) is 0. The lowest BCUT2D eigenvalue weighted by Gasteiger charge is -2.61. The minimum Gasteiger partial charge on any atom is -0.310 e. The number of hydrogen-bond acceptors (Lipinski definition) is 3. The van der Waals surface area contributed by atoms with Crippen LogP contribution in [0.3, 0.4) is 0 Å². The van der Waals surface area contributed by atoms with Crippen LogP contribution in [-0.4, -0.2) is 0 Å². The minimum atomic E-state index is -0.377. The van der Waals surface area contributed by atoms with Gasteiger partial charge in [0, 0.05) is 50.4 Å². The SMILES string of the molecule is Cc1cc(N(c2ccc(-c3ccccc3)cc2)c2cccc3c2C2(c4ccccc4-3)C3CC4CC(C3)CC2C4)ccc1F.Fc1ccc(N(c2ccc(-c3ccccc3)cc2)c2cccc3c2C2(c4ccccc4-3)C3CC4CC(C3)CC2C4)cc1.[2H]c1c([2H])c([2H])c(-c2ccc(N(c3ccc(-c4ccccc4)cc3)c3cccc4c3C3(c5ccccc5-4)C4CC5CC(C4)CC3C5)cc2)c([2H])c1[2H]. The van der Waals surface area contributed by atoms with Crippen LogP contribution >= 0.6 is 0 Å². The molecule has 3 spiro atoms. The van der Waals surface area contributed by atoms with Gasteiger partial charge in [-0.3, -0.25) is 0 Å². The van der Waals surface area contributed by atoms with Crippen molar-refractivity contribution in [2.45, 2.75) is 119 Å². The second kappa shape index (κ2) is 31.8. The Morgan fingerprint density at radius 1 is 0.235 bits per heavy atom. The van der Waals surface area contributed by atoms with Crippen LogP contribution in [0.2, 0.25) is 0 Å². The van der Waals surface area contributed by atoms with E-state index in [2.05, 4.69) is 300 Å². The Labute approximate surface area is 783 Å². The van der Waals surface area contributed by atoms with E-state index in [1.807, 2.05) is 61.5 Å². The van der Waals surface area contributed by atoms with Gasteiger partial charge in [0.25, 0.3) is 0 Å². The van der Waals surface area contributed by atoms with Crippen LogP contribution in [0.25, 0.3) is 77.9 Å². The van der Waals surface area contributed by atoms with Gasteiger partial charge < -0.3 is 14.7 Å². The van der Waals surface area contributed by atoms with Crippen LogP contribution in [0.1, 0.15) is 142 Å². The molecule has 0 amide bonds. The first-order valence-corrected chi connectivity index (χ1v) is 48.9. The van der Waals surface area contributed by atoms with E-state index >= 15 is 0 Å². The van der Waals surface area contributed by atoms with Crippen LogP contribution < -0.4 is 14.7 Å². The number of fused-ring (bicyclic) bond motifs is 9. The first-order valence-electron chi connectivity index (χ1n) is 51.4. The van der Waals surface area contributed by atoms with Gasteiger partial charge in [-0.2, -0.15) is 0 Å². The zero-order chi connectivity index (χ0) is 91.8. The summed E-state index contributed by atoms with van der Waals surface area (Å²) < 4.78 is 70.8. The lowest BCUT2D eigenvalue weighted by molar-refractivity contribution is -0.0397. The Balaban J connectivity index is 0.000000107. The predicted octanol–water partition coefficient (Wildman–Crippen LogP) is 33.9. The summed E-state index contributed by atoms with van der Waals surface area (Å²) in [5, 5.41) is 0. The molecule has 15 aliphatic rings. The molecule has 132 heavy (non-hydrogen) atoms. The van der Waals surface area contributed by atoms with Crippen molar-refractivity contribution in [1.82, 2.24) is 0 Å². The van der Waals surface area contributed by atoms with Gasteiger partial charge in [-0.1, -0.05) is 279 Å². The molecule has 0 saturated heterocycles. The number of benzene rings is 16. The second-order valence-corrected chi connectivity index (χ2v) is 41.0. The highest BCUT2D eigenvalue weighted by molar-refractivity contribution is 5.96. The first-order chi connectivity index (χ1) is 67.1. The molecule has 0 heterocycles. The topological polar surface area (TPSA) is 9.72 Å². The third kappa shape index (κ3) is 12.6. The van der Waals surface area contributed by atoms with Crippen molar-refractivity contribution in [3.05, 3.63) is 439 Å². The maximum atomic E-state index is 14.7. The fourth-order valence-electron chi connectivity index (χ4n) is 30.2. The summed E-state index contributed by atoms with van der Waals surface area (Å²) in [6.45, 7) is 1.88. The summed E-state index contributed by atoms with van der Waals surface area (Å²) in [6, 6.07) is 126. The molecule has 0 N–H and O–H groups in total. The van der Waals surface area contributed by atoms with Gasteiger partial charge in [-0.15, -0.1) is 0 Å². The number of rotatable bonds is 13. The van der Waals surface area contributed by atoms with Crippen molar-refractivity contribution in [1.29, 1.82) is 0 Å². The van der Waals surface area contributed by atoms with Crippen molar-refractivity contribution >= 4 is 51.2 Å². The molecule has 16 aromatic carbocycles. The van der Waals surface area contributed by atoms with E-state index < -0.39 is 0 Å². The molecule has 15 aliphatic carbocycles. The molecule has 31 rings (SSSR count). The van der Waals surface area contributed by atoms with Crippen LogP contribution in [0.15, 0.2) is 388 Å². The largest absolute Gasteiger partial charge is 0.310 e. The van der Waals surface area contributed by atoms with Crippen molar-refractivity contribution < 1.29 is 15.6 Å². The summed E-state index contributed by atoms with van der Waals surface area (Å²) in [4.78, 5) is 7.21. The van der Waals surface area contributed by atoms with Gasteiger partial charge in [0.2, 0.25) is 0 Å². The molecule has 0 aromatic heterocycles. The molecule has 646 valence electrons. The molecule has 12 saturated carbocycles. The highest BCUT2D eigenvalue weighted by Crippen LogP contribution is 2.75. The number of nitrogens with zero attached hydrogens (tertiary/aromatic N) is 3. The first kappa shape index (κ1) is 74.4. The molecule has 0 unspecified atom stereocenters. The smallest absolute Gasteiger partial charge is 0.126 e. The molecule has 0 aliphatic heterocycles. The monoisotopic (exact) mass is 1720 g/mol. The van der Waals surface area contributed by atoms with Crippen LogP contribution in [-0.2, 0) is 16.2 Å². The number of aryl methyl sites for hydroxylation is 1. The summed E-state index contributed by atoms with van der Waals surface area (Å²) in [7, 11) is 0. The average Bonchev–Trinajstić information content (AvgIpc) is 1.53. The maximum Gasteiger partial charge on any atom is 0.126 e. The lowest BCUT2D eigenvalue weighted by Crippen LogP contribution is -2.55. The van der Waals surface area contributed by atoms with Crippen molar-refractivity contribution in [2.75, 3.05) is 14.7 Å². The quantitative estimate of drug-likeness (QED) is 0.114. The van der Waals surface area contributed by atoms with E-state index in [0.717, 1.165) is 75.2 Å². The zero-order valence-corrected chi connectivity index (χ0v) is 74.7. The normalized spacial score (nSPS) is 26.2. The average molecular weight is 1720 g/mol. The summed E-state index contributed by atoms with van der Waals surface area (Å²) in [5.74, 6) is 8.78. The van der Waals surface area contributed by atoms with E-state index in [1.54, 1.807) is 29.3 Å². The Morgan fingerprint density at radius 3 is 0.788 bits per heavy atom. The van der Waals surface area contributed by atoms with Crippen LogP contribution in [0.4, 0.5) is 60.0 Å².